The number of ether oxygens (including phenoxy) is 4. The molecule has 0 aromatic carbocycles. The van der Waals surface area contributed by atoms with Crippen LogP contribution in [0.4, 0.5) is 15.4 Å². The van der Waals surface area contributed by atoms with Crippen LogP contribution in [-0.2, 0) is 28.5 Å². The summed E-state index contributed by atoms with van der Waals surface area (Å²) in [5.74, 6) is -0.556. The van der Waals surface area contributed by atoms with E-state index in [0.717, 1.165) is 11.4 Å². The predicted octanol–water partition coefficient (Wildman–Crippen LogP) is 7.34. The highest BCUT2D eigenvalue weighted by atomic mass is 35.5. The molecule has 4 atom stereocenters. The average Bonchev–Trinajstić information content (AvgIpc) is 3.79. The molecule has 17 nitrogen and oxygen atoms in total. The molecule has 0 spiro atoms. The number of hydrogen-bond acceptors (Lipinski definition) is 13. The first kappa shape index (κ1) is 45.9. The number of esters is 2. The van der Waals surface area contributed by atoms with Crippen LogP contribution in [0.15, 0.2) is 36.7 Å². The Kier molecular flexibility index (Phi) is 13.3. The first-order valence-corrected chi connectivity index (χ1v) is 20.6. The first-order valence-electron chi connectivity index (χ1n) is 20.2. The van der Waals surface area contributed by atoms with Crippen LogP contribution >= 0.6 is 11.6 Å². The van der Waals surface area contributed by atoms with Gasteiger partial charge in [0.2, 0.25) is 0 Å². The van der Waals surface area contributed by atoms with Gasteiger partial charge in [0, 0.05) is 43.1 Å². The molecule has 0 radical (unpaired) electrons. The zero-order chi connectivity index (χ0) is 44.5. The van der Waals surface area contributed by atoms with Crippen molar-refractivity contribution in [1.29, 1.82) is 0 Å². The lowest BCUT2D eigenvalue weighted by atomic mass is 9.90. The van der Waals surface area contributed by atoms with Crippen molar-refractivity contribution in [3.8, 4) is 0 Å². The minimum absolute atomic E-state index is 0.0848. The third-order valence-electron chi connectivity index (χ3n) is 9.36. The Hall–Kier alpha value is -5.19. The number of rotatable bonds is 4. The molecule has 2 aliphatic heterocycles. The minimum Gasteiger partial charge on any atom is -0.458 e. The summed E-state index contributed by atoms with van der Waals surface area (Å²) in [6.45, 7) is 22.2. The first-order chi connectivity index (χ1) is 27.7. The second-order valence-corrected chi connectivity index (χ2v) is 19.6. The summed E-state index contributed by atoms with van der Waals surface area (Å²) in [6.07, 6.45) is 4.41. The number of likely N-dealkylation sites (tertiary alicyclic amines) is 2. The van der Waals surface area contributed by atoms with E-state index < -0.39 is 58.6 Å². The van der Waals surface area contributed by atoms with Crippen molar-refractivity contribution in [2.45, 2.75) is 155 Å². The third-order valence-corrected chi connectivity index (χ3v) is 9.63. The molecule has 0 aliphatic carbocycles. The van der Waals surface area contributed by atoms with Crippen molar-refractivity contribution in [1.82, 2.24) is 39.0 Å². The van der Waals surface area contributed by atoms with Crippen LogP contribution in [-0.4, -0.2) is 111 Å². The van der Waals surface area contributed by atoms with E-state index in [1.54, 1.807) is 108 Å². The number of carbonyl (C=O) groups excluding carboxylic acids is 4. The molecule has 2 N–H and O–H groups in total. The molecular formula is C42H60ClN9O8. The van der Waals surface area contributed by atoms with E-state index in [-0.39, 0.29) is 24.9 Å². The molecule has 328 valence electrons. The number of fused-ring (bicyclic) bond motifs is 2. The maximum atomic E-state index is 12.9. The minimum atomic E-state index is -0.704. The fourth-order valence-corrected chi connectivity index (χ4v) is 7.21. The van der Waals surface area contributed by atoms with Gasteiger partial charge >= 0.3 is 24.1 Å². The summed E-state index contributed by atoms with van der Waals surface area (Å²) in [6, 6.07) is 5.67. The van der Waals surface area contributed by atoms with Crippen molar-refractivity contribution in [2.75, 3.05) is 18.8 Å². The Balaban J connectivity index is 0.000000228. The number of piperidine rings is 2. The summed E-state index contributed by atoms with van der Waals surface area (Å²) in [7, 11) is 0. The van der Waals surface area contributed by atoms with E-state index in [1.807, 2.05) is 20.8 Å². The van der Waals surface area contributed by atoms with Gasteiger partial charge in [-0.25, -0.2) is 33.7 Å². The Morgan fingerprint density at radius 3 is 1.40 bits per heavy atom. The van der Waals surface area contributed by atoms with Crippen molar-refractivity contribution in [3.05, 3.63) is 53.2 Å². The third kappa shape index (κ3) is 12.0. The molecule has 0 saturated carbocycles. The standard InChI is InChI=1S/C21H29ClN4O4.C21H31N5O4/c2*1-20(2,3)29-18(27)15-8-7-13(12-25(15)19(28)30-21(4,5)6)14-11-16(22)26-17(24-14)9-10-23-26/h9-11,13,15H,7-8,12H2,1-6H3;9-11,13,15H,7-8,12,22H2,1-6H3/t2*13-,15-/m00/s1. The lowest BCUT2D eigenvalue weighted by Gasteiger charge is -2.39. The lowest BCUT2D eigenvalue weighted by molar-refractivity contribution is -0.163. The maximum absolute atomic E-state index is 12.9. The van der Waals surface area contributed by atoms with Crippen molar-refractivity contribution in [3.63, 3.8) is 0 Å². The summed E-state index contributed by atoms with van der Waals surface area (Å²) in [5.41, 5.74) is 6.26. The molecule has 6 heterocycles. The zero-order valence-electron chi connectivity index (χ0n) is 36.8. The predicted molar refractivity (Wildman–Crippen MR) is 224 cm³/mol. The van der Waals surface area contributed by atoms with Gasteiger partial charge in [-0.2, -0.15) is 14.7 Å². The van der Waals surface area contributed by atoms with Gasteiger partial charge in [0.1, 0.15) is 45.5 Å². The van der Waals surface area contributed by atoms with Crippen LogP contribution in [0.3, 0.4) is 0 Å². The van der Waals surface area contributed by atoms with Gasteiger partial charge < -0.3 is 24.7 Å². The van der Waals surface area contributed by atoms with Crippen LogP contribution in [0.5, 0.6) is 0 Å². The van der Waals surface area contributed by atoms with Crippen LogP contribution in [0.1, 0.15) is 132 Å². The molecule has 4 aromatic rings. The van der Waals surface area contributed by atoms with Gasteiger partial charge in [0.15, 0.2) is 11.3 Å². The Labute approximate surface area is 356 Å². The van der Waals surface area contributed by atoms with Crippen molar-refractivity contribution < 1.29 is 38.1 Å². The van der Waals surface area contributed by atoms with E-state index in [2.05, 4.69) is 20.2 Å². The lowest BCUT2D eigenvalue weighted by Crippen LogP contribution is -2.53. The molecule has 2 fully saturated rings. The summed E-state index contributed by atoms with van der Waals surface area (Å²) >= 11 is 6.34. The van der Waals surface area contributed by atoms with Gasteiger partial charge in [0.25, 0.3) is 0 Å². The van der Waals surface area contributed by atoms with Gasteiger partial charge in [-0.15, -0.1) is 0 Å². The highest BCUT2D eigenvalue weighted by Crippen LogP contribution is 2.34. The van der Waals surface area contributed by atoms with Gasteiger partial charge in [-0.05, 0) is 115 Å². The molecule has 2 amide bonds. The highest BCUT2D eigenvalue weighted by Gasteiger charge is 2.43. The Bertz CT molecular complexity index is 2040. The number of carbonyl (C=O) groups is 4. The number of amides is 2. The highest BCUT2D eigenvalue weighted by molar-refractivity contribution is 6.29. The van der Waals surface area contributed by atoms with Gasteiger partial charge in [-0.1, -0.05) is 11.6 Å². The second-order valence-electron chi connectivity index (χ2n) is 19.2. The van der Waals surface area contributed by atoms with Gasteiger partial charge in [0.05, 0.1) is 23.8 Å². The van der Waals surface area contributed by atoms with Crippen molar-refractivity contribution in [2.24, 2.45) is 0 Å². The molecule has 0 bridgehead atoms. The number of halogens is 1. The molecular weight excluding hydrogens is 794 g/mol. The SMILES string of the molecule is CC(C)(C)OC(=O)[C@@H]1CC[C@H](c2cc(Cl)n3nccc3n2)CN1C(=O)OC(C)(C)C.CC(C)(C)OC(=O)[C@@H]1CC[C@H](c2cc(N)n3nccc3n2)CN1C(=O)OC(C)(C)C. The number of anilines is 1. The smallest absolute Gasteiger partial charge is 0.411 e. The molecule has 18 heteroatoms. The summed E-state index contributed by atoms with van der Waals surface area (Å²) in [5, 5.41) is 8.72. The second kappa shape index (κ2) is 17.4. The Morgan fingerprint density at radius 2 is 0.983 bits per heavy atom. The largest absolute Gasteiger partial charge is 0.458 e. The molecule has 2 aliphatic rings. The number of nitrogen functional groups attached to an aromatic ring is 1. The molecule has 0 unspecified atom stereocenters. The van der Waals surface area contributed by atoms with Crippen LogP contribution in [0.2, 0.25) is 5.15 Å². The number of nitrogens with zero attached hydrogens (tertiary/aromatic N) is 8. The van der Waals surface area contributed by atoms with Crippen LogP contribution in [0.25, 0.3) is 11.3 Å². The average molecular weight is 854 g/mol. The monoisotopic (exact) mass is 853 g/mol. The molecule has 60 heavy (non-hydrogen) atoms. The summed E-state index contributed by atoms with van der Waals surface area (Å²) < 4.78 is 25.4. The Morgan fingerprint density at radius 1 is 0.600 bits per heavy atom. The number of hydrogen-bond donors (Lipinski definition) is 1. The van der Waals surface area contributed by atoms with E-state index in [1.165, 1.54) is 9.80 Å². The van der Waals surface area contributed by atoms with Crippen LogP contribution < -0.4 is 5.73 Å². The van der Waals surface area contributed by atoms with Crippen molar-refractivity contribution >= 4 is 52.8 Å². The molecule has 2 saturated heterocycles. The van der Waals surface area contributed by atoms with E-state index >= 15 is 0 Å². The fourth-order valence-electron chi connectivity index (χ4n) is 6.97. The maximum Gasteiger partial charge on any atom is 0.411 e. The molecule has 6 rings (SSSR count). The summed E-state index contributed by atoms with van der Waals surface area (Å²) in [4.78, 5) is 63.7. The molecule has 4 aromatic heterocycles. The quantitative estimate of drug-likeness (QED) is 0.122. The van der Waals surface area contributed by atoms with Gasteiger partial charge in [-0.3, -0.25) is 9.80 Å². The number of nitrogens with two attached hydrogens (primary N) is 1. The number of aromatic nitrogens is 6. The van der Waals surface area contributed by atoms with Crippen LogP contribution in [0, 0.1) is 0 Å². The normalized spacial score (nSPS) is 20.3. The van der Waals surface area contributed by atoms with E-state index in [0.29, 0.717) is 47.9 Å². The van der Waals surface area contributed by atoms with E-state index in [9.17, 15) is 19.2 Å². The van der Waals surface area contributed by atoms with E-state index in [4.69, 9.17) is 36.3 Å². The zero-order valence-corrected chi connectivity index (χ0v) is 37.6. The topological polar surface area (TPSA) is 198 Å². The fraction of sp³-hybridized carbons (Fsp3) is 0.619.